The summed E-state index contributed by atoms with van der Waals surface area (Å²) in [5.41, 5.74) is 0.948. The van der Waals surface area contributed by atoms with E-state index in [1.165, 1.54) is 4.90 Å². The third-order valence-corrected chi connectivity index (χ3v) is 4.00. The largest absolute Gasteiger partial charge is 0.334 e. The van der Waals surface area contributed by atoms with Gasteiger partial charge in [-0.2, -0.15) is 0 Å². The number of nitrogens with zero attached hydrogens (tertiary/aromatic N) is 2. The maximum Gasteiger partial charge on any atom is 0.324 e. The Morgan fingerprint density at radius 2 is 1.95 bits per heavy atom. The fraction of sp³-hybridized carbons (Fsp3) is 0.357. The molecular formula is C14H15ClN4O3. The molecule has 2 N–H and O–H groups in total. The summed E-state index contributed by atoms with van der Waals surface area (Å²) in [4.78, 5) is 37.8. The number of hydrogen-bond acceptors (Lipinski definition) is 3. The topological polar surface area (TPSA) is 81.8 Å². The van der Waals surface area contributed by atoms with Crippen LogP contribution in [0.3, 0.4) is 0 Å². The van der Waals surface area contributed by atoms with Gasteiger partial charge in [0.05, 0.1) is 12.6 Å². The molecule has 1 aromatic rings. The molecule has 0 radical (unpaired) electrons. The number of nitrogens with one attached hydrogen (secondary N) is 2. The second-order valence-electron chi connectivity index (χ2n) is 5.27. The third-order valence-electron chi connectivity index (χ3n) is 3.75. The minimum absolute atomic E-state index is 0.0398. The highest BCUT2D eigenvalue weighted by Gasteiger charge is 2.42. The van der Waals surface area contributed by atoms with E-state index < -0.39 is 0 Å². The lowest BCUT2D eigenvalue weighted by Crippen LogP contribution is -2.64. The molecule has 2 aliphatic rings. The van der Waals surface area contributed by atoms with E-state index in [9.17, 15) is 14.4 Å². The number of imide groups is 1. The molecule has 2 heterocycles. The Morgan fingerprint density at radius 3 is 2.55 bits per heavy atom. The Labute approximate surface area is 132 Å². The van der Waals surface area contributed by atoms with Crippen LogP contribution in [0.25, 0.3) is 0 Å². The van der Waals surface area contributed by atoms with Crippen LogP contribution in [0.2, 0.25) is 5.02 Å². The second-order valence-corrected chi connectivity index (χ2v) is 5.70. The first-order valence-electron chi connectivity index (χ1n) is 6.91. The Morgan fingerprint density at radius 1 is 1.27 bits per heavy atom. The van der Waals surface area contributed by atoms with Crippen molar-refractivity contribution < 1.29 is 14.4 Å². The Hall–Kier alpha value is -2.28. The average Bonchev–Trinajstić information content (AvgIpc) is 2.77. The molecule has 2 aliphatic heterocycles. The van der Waals surface area contributed by atoms with Crippen molar-refractivity contribution in [2.45, 2.75) is 12.6 Å². The van der Waals surface area contributed by atoms with Gasteiger partial charge in [-0.25, -0.2) is 9.59 Å². The zero-order chi connectivity index (χ0) is 15.7. The van der Waals surface area contributed by atoms with E-state index in [1.54, 1.807) is 17.0 Å². The molecule has 7 nitrogen and oxygen atoms in total. The van der Waals surface area contributed by atoms with Crippen LogP contribution in [0.5, 0.6) is 0 Å². The summed E-state index contributed by atoms with van der Waals surface area (Å²) in [6.45, 7) is 1.18. The summed E-state index contributed by atoms with van der Waals surface area (Å²) in [7, 11) is 0. The van der Waals surface area contributed by atoms with E-state index in [0.29, 0.717) is 24.7 Å². The van der Waals surface area contributed by atoms with E-state index in [1.807, 2.05) is 12.1 Å². The number of rotatable bonds is 3. The smallest absolute Gasteiger partial charge is 0.324 e. The molecule has 1 aromatic carbocycles. The fourth-order valence-corrected chi connectivity index (χ4v) is 2.61. The standard InChI is InChI=1S/C14H15ClN4O3/c15-10-3-1-9(2-4-10)5-16-13(21)18-7-11(8-18)19-12(20)6-17-14(19)22/h1-4,11H,5-8H2,(H,16,21)(H,17,22). The number of urea groups is 2. The summed E-state index contributed by atoms with van der Waals surface area (Å²) in [6, 6.07) is 6.40. The maximum atomic E-state index is 12.0. The van der Waals surface area contributed by atoms with E-state index in [-0.39, 0.29) is 30.6 Å². The van der Waals surface area contributed by atoms with Crippen LogP contribution >= 0.6 is 11.6 Å². The third kappa shape index (κ3) is 2.85. The van der Waals surface area contributed by atoms with Crippen molar-refractivity contribution in [3.63, 3.8) is 0 Å². The average molecular weight is 323 g/mol. The lowest BCUT2D eigenvalue weighted by molar-refractivity contribution is -0.128. The van der Waals surface area contributed by atoms with E-state index in [4.69, 9.17) is 11.6 Å². The maximum absolute atomic E-state index is 12.0. The number of likely N-dealkylation sites (tertiary alicyclic amines) is 1. The van der Waals surface area contributed by atoms with E-state index in [0.717, 1.165) is 5.56 Å². The van der Waals surface area contributed by atoms with Crippen LogP contribution in [0.4, 0.5) is 9.59 Å². The quantitative estimate of drug-likeness (QED) is 0.807. The molecule has 0 bridgehead atoms. The molecule has 0 aliphatic carbocycles. The number of halogens is 1. The minimum Gasteiger partial charge on any atom is -0.334 e. The molecule has 2 fully saturated rings. The first-order chi connectivity index (χ1) is 10.5. The van der Waals surface area contributed by atoms with Gasteiger partial charge in [0.2, 0.25) is 5.91 Å². The van der Waals surface area contributed by atoms with Crippen molar-refractivity contribution in [3.8, 4) is 0 Å². The van der Waals surface area contributed by atoms with Gasteiger partial charge in [-0.05, 0) is 17.7 Å². The van der Waals surface area contributed by atoms with Gasteiger partial charge in [-0.3, -0.25) is 9.69 Å². The summed E-state index contributed by atoms with van der Waals surface area (Å²) < 4.78 is 0. The molecule has 116 valence electrons. The molecule has 0 spiro atoms. The van der Waals surface area contributed by atoms with Crippen LogP contribution < -0.4 is 10.6 Å². The van der Waals surface area contributed by atoms with Crippen LogP contribution in [-0.2, 0) is 11.3 Å². The number of benzene rings is 1. The molecule has 22 heavy (non-hydrogen) atoms. The van der Waals surface area contributed by atoms with Crippen LogP contribution in [0.1, 0.15) is 5.56 Å². The predicted molar refractivity (Wildman–Crippen MR) is 79.3 cm³/mol. The SMILES string of the molecule is O=C(NCc1ccc(Cl)cc1)N1CC(N2C(=O)CNC2=O)C1. The van der Waals surface area contributed by atoms with Crippen LogP contribution in [0.15, 0.2) is 24.3 Å². The van der Waals surface area contributed by atoms with Crippen LogP contribution in [0, 0.1) is 0 Å². The lowest BCUT2D eigenvalue weighted by Gasteiger charge is -2.42. The Bertz CT molecular complexity index is 597. The molecule has 8 heteroatoms. The number of carbonyl (C=O) groups excluding carboxylic acids is 3. The van der Waals surface area contributed by atoms with Crippen molar-refractivity contribution in [3.05, 3.63) is 34.9 Å². The van der Waals surface area contributed by atoms with Crippen molar-refractivity contribution in [1.82, 2.24) is 20.4 Å². The van der Waals surface area contributed by atoms with Gasteiger partial charge >= 0.3 is 12.1 Å². The summed E-state index contributed by atoms with van der Waals surface area (Å²) in [5.74, 6) is -0.240. The summed E-state index contributed by atoms with van der Waals surface area (Å²) in [6.07, 6.45) is 0. The number of amides is 5. The zero-order valence-corrected chi connectivity index (χ0v) is 12.5. The predicted octanol–water partition coefficient (Wildman–Crippen LogP) is 0.786. The molecule has 0 unspecified atom stereocenters. The van der Waals surface area contributed by atoms with Gasteiger partial charge in [0, 0.05) is 24.7 Å². The zero-order valence-electron chi connectivity index (χ0n) is 11.7. The van der Waals surface area contributed by atoms with Gasteiger partial charge in [0.1, 0.15) is 0 Å². The number of carbonyl (C=O) groups is 3. The number of hydrogen-bond donors (Lipinski definition) is 2. The van der Waals surface area contributed by atoms with Gasteiger partial charge in [-0.15, -0.1) is 0 Å². The first kappa shape index (κ1) is 14.6. The molecule has 3 rings (SSSR count). The summed E-state index contributed by atoms with van der Waals surface area (Å²) in [5, 5.41) is 5.91. The first-order valence-corrected chi connectivity index (χ1v) is 7.29. The van der Waals surface area contributed by atoms with Gasteiger partial charge in [0.25, 0.3) is 0 Å². The van der Waals surface area contributed by atoms with Crippen molar-refractivity contribution in [1.29, 1.82) is 0 Å². The molecule has 0 atom stereocenters. The molecular weight excluding hydrogens is 308 g/mol. The Kier molecular flexibility index (Phi) is 3.89. The molecule has 5 amide bonds. The van der Waals surface area contributed by atoms with Crippen molar-refractivity contribution in [2.24, 2.45) is 0 Å². The highest BCUT2D eigenvalue weighted by atomic mass is 35.5. The van der Waals surface area contributed by atoms with Crippen molar-refractivity contribution in [2.75, 3.05) is 19.6 Å². The van der Waals surface area contributed by atoms with Gasteiger partial charge in [-0.1, -0.05) is 23.7 Å². The molecule has 0 aromatic heterocycles. The van der Waals surface area contributed by atoms with Gasteiger partial charge < -0.3 is 15.5 Å². The second kappa shape index (κ2) is 5.84. The Balaban J connectivity index is 1.46. The summed E-state index contributed by atoms with van der Waals surface area (Å²) >= 11 is 5.80. The van der Waals surface area contributed by atoms with Crippen LogP contribution in [-0.4, -0.2) is 53.4 Å². The van der Waals surface area contributed by atoms with Gasteiger partial charge in [0.15, 0.2) is 0 Å². The highest BCUT2D eigenvalue weighted by Crippen LogP contribution is 2.18. The minimum atomic E-state index is -0.378. The van der Waals surface area contributed by atoms with E-state index >= 15 is 0 Å². The fourth-order valence-electron chi connectivity index (χ4n) is 2.48. The normalized spacial score (nSPS) is 18.2. The van der Waals surface area contributed by atoms with Crippen molar-refractivity contribution >= 4 is 29.6 Å². The lowest BCUT2D eigenvalue weighted by atomic mass is 10.1. The molecule has 0 saturated carbocycles. The monoisotopic (exact) mass is 322 g/mol. The van der Waals surface area contributed by atoms with E-state index in [2.05, 4.69) is 10.6 Å². The highest BCUT2D eigenvalue weighted by molar-refractivity contribution is 6.30. The molecule has 2 saturated heterocycles.